The molecule has 1 fully saturated rings. The van der Waals surface area contributed by atoms with Crippen molar-refractivity contribution >= 4 is 63.7 Å². The van der Waals surface area contributed by atoms with Gasteiger partial charge in [0.1, 0.15) is 22.7 Å². The predicted octanol–water partition coefficient (Wildman–Crippen LogP) is 8.57. The highest BCUT2D eigenvalue weighted by atomic mass is 32.9. The number of ether oxygens (including phenoxy) is 2. The normalized spacial score (nSPS) is 21.7. The van der Waals surface area contributed by atoms with Crippen LogP contribution in [0.15, 0.2) is 30.5 Å². The molecule has 0 radical (unpaired) electrons. The average molecular weight is 689 g/mol. The van der Waals surface area contributed by atoms with Gasteiger partial charge < -0.3 is 22.8 Å². The van der Waals surface area contributed by atoms with E-state index in [0.717, 1.165) is 16.6 Å². The maximum atomic E-state index is 6.98. The molecule has 1 aliphatic rings. The van der Waals surface area contributed by atoms with Crippen LogP contribution in [0.25, 0.3) is 0 Å². The average Bonchev–Trinajstić information content (AvgIpc) is 3.25. The first kappa shape index (κ1) is 35.9. The number of nitrogens with zero attached hydrogens (tertiary/aromatic N) is 2. The second-order valence-corrected chi connectivity index (χ2v) is 29.8. The molecular weight excluding hydrogens is 640 g/mol. The van der Waals surface area contributed by atoms with Crippen molar-refractivity contribution in [2.24, 2.45) is 0 Å². The largest absolute Gasteiger partial charge is 0.497 e. The van der Waals surface area contributed by atoms with Crippen LogP contribution in [0.3, 0.4) is 0 Å². The van der Waals surface area contributed by atoms with Gasteiger partial charge in [-0.15, -0.1) is 0 Å². The van der Waals surface area contributed by atoms with Crippen molar-refractivity contribution in [1.82, 2.24) is 9.55 Å². The third kappa shape index (κ3) is 8.37. The molecule has 0 saturated carbocycles. The number of hydrogen-bond acceptors (Lipinski definition) is 8. The number of rotatable bonds is 10. The van der Waals surface area contributed by atoms with Crippen LogP contribution in [0.2, 0.25) is 36.3 Å². The van der Waals surface area contributed by atoms with Crippen LogP contribution in [0, 0.1) is 11.6 Å². The zero-order valence-electron chi connectivity index (χ0n) is 27.2. The second-order valence-electron chi connectivity index (χ2n) is 14.1. The first-order valence-electron chi connectivity index (χ1n) is 14.3. The number of thiol groups is 1. The van der Waals surface area contributed by atoms with Gasteiger partial charge in [0, 0.05) is 23.5 Å². The van der Waals surface area contributed by atoms with Gasteiger partial charge in [-0.25, -0.2) is 0 Å². The Bertz CT molecular complexity index is 1360. The number of methoxy groups -OCH3 is 1. The molecule has 1 aromatic carbocycles. The van der Waals surface area contributed by atoms with E-state index in [1.54, 1.807) is 7.11 Å². The summed E-state index contributed by atoms with van der Waals surface area (Å²) in [6.45, 7) is 25.0. The van der Waals surface area contributed by atoms with Gasteiger partial charge in [-0.1, -0.05) is 66.0 Å². The summed E-state index contributed by atoms with van der Waals surface area (Å²) < 4.78 is 34.5. The summed E-state index contributed by atoms with van der Waals surface area (Å²) >= 11 is 16.3. The fourth-order valence-electron chi connectivity index (χ4n) is 3.97. The lowest BCUT2D eigenvalue weighted by molar-refractivity contribution is -0.0414. The topological polar surface area (TPSA) is 64.0 Å². The molecule has 42 heavy (non-hydrogen) atoms. The second kappa shape index (κ2) is 13.0. The van der Waals surface area contributed by atoms with Crippen LogP contribution in [0.5, 0.6) is 11.8 Å². The summed E-state index contributed by atoms with van der Waals surface area (Å²) in [5, 5.41) is 0.922. The lowest BCUT2D eigenvalue weighted by Gasteiger charge is -2.40. The summed E-state index contributed by atoms with van der Waals surface area (Å²) in [6, 6.07) is 7.75. The molecule has 3 rings (SSSR count). The van der Waals surface area contributed by atoms with E-state index in [9.17, 15) is 0 Å². The minimum atomic E-state index is -2.80. The summed E-state index contributed by atoms with van der Waals surface area (Å²) in [7, 11) is -2.49. The van der Waals surface area contributed by atoms with E-state index in [-0.39, 0.29) is 22.3 Å². The maximum Gasteiger partial charge on any atom is 0.304 e. The van der Waals surface area contributed by atoms with Crippen LogP contribution < -0.4 is 14.6 Å². The zero-order chi connectivity index (χ0) is 31.9. The zero-order valence-corrected chi connectivity index (χ0v) is 32.6. The standard InChI is InChI=1S/C29H49N2O5PS3Si2/c1-20-18-31(27(30-26(20)38)35-37(39,40)22-15-13-21(32-8)14-16-22)25-17-23(36-42(11,12)29(5,6)7)24(34-25)19-33-41(9,10)28(2,3)4/h13-16,18,23-25H,17,19H2,1-12H3,(H,39,40)/t23-,24+,25+/m0/s1. The molecule has 0 spiro atoms. The van der Waals surface area contributed by atoms with Gasteiger partial charge in [-0.3, -0.25) is 4.57 Å². The van der Waals surface area contributed by atoms with Gasteiger partial charge in [0.2, 0.25) is 0 Å². The lowest BCUT2D eigenvalue weighted by Crippen LogP contribution is -2.48. The van der Waals surface area contributed by atoms with E-state index in [4.69, 9.17) is 59.1 Å². The number of aromatic nitrogens is 2. The molecule has 0 aliphatic carbocycles. The molecule has 13 heteroatoms. The van der Waals surface area contributed by atoms with Crippen LogP contribution >= 0.6 is 29.9 Å². The van der Waals surface area contributed by atoms with Crippen LogP contribution in [0.4, 0.5) is 0 Å². The van der Waals surface area contributed by atoms with Gasteiger partial charge in [0.15, 0.2) is 22.1 Å². The van der Waals surface area contributed by atoms with E-state index in [0.29, 0.717) is 23.7 Å². The van der Waals surface area contributed by atoms with E-state index in [1.165, 1.54) is 0 Å². The molecule has 2 aromatic rings. The third-order valence-corrected chi connectivity index (χ3v) is 21.4. The minimum absolute atomic E-state index is 0.0518. The quantitative estimate of drug-likeness (QED) is 0.115. The van der Waals surface area contributed by atoms with Crippen molar-refractivity contribution in [2.75, 3.05) is 13.7 Å². The highest BCUT2D eigenvalue weighted by Crippen LogP contribution is 2.51. The molecule has 0 N–H and O–H groups in total. The summed E-state index contributed by atoms with van der Waals surface area (Å²) in [5.74, 6) is 0.733. The summed E-state index contributed by atoms with van der Waals surface area (Å²) in [5.41, 5.74) is -1.95. The Morgan fingerprint density at radius 1 is 1.05 bits per heavy atom. The smallest absolute Gasteiger partial charge is 0.304 e. The SMILES string of the molecule is COc1ccc(P(=S)(S)Oc2nc(=S)c(C)cn2[C@H]2C[C@H](O[Si](C)(C)C(C)(C)C)[C@@H](CO[Si](C)(C)C(C)(C)C)O2)cc1. The van der Waals surface area contributed by atoms with Gasteiger partial charge >= 0.3 is 6.01 Å². The Morgan fingerprint density at radius 3 is 2.14 bits per heavy atom. The molecule has 7 nitrogen and oxygen atoms in total. The van der Waals surface area contributed by atoms with Crippen molar-refractivity contribution in [1.29, 1.82) is 0 Å². The molecule has 1 saturated heterocycles. The fourth-order valence-corrected chi connectivity index (χ4v) is 8.64. The highest BCUT2D eigenvalue weighted by molar-refractivity contribution is 8.64. The Hall–Kier alpha value is -0.566. The summed E-state index contributed by atoms with van der Waals surface area (Å²) in [6.07, 6.45) is 1.76. The van der Waals surface area contributed by atoms with Gasteiger partial charge in [-0.05, 0) is 79.3 Å². The predicted molar refractivity (Wildman–Crippen MR) is 188 cm³/mol. The Morgan fingerprint density at radius 2 is 1.62 bits per heavy atom. The number of hydrogen-bond donors (Lipinski definition) is 1. The molecule has 1 unspecified atom stereocenters. The van der Waals surface area contributed by atoms with Gasteiger partial charge in [0.25, 0.3) is 0 Å². The maximum absolute atomic E-state index is 6.98. The van der Waals surface area contributed by atoms with Crippen LogP contribution in [-0.2, 0) is 25.4 Å². The Kier molecular flexibility index (Phi) is 11.2. The number of benzene rings is 1. The van der Waals surface area contributed by atoms with Crippen molar-refractivity contribution in [3.63, 3.8) is 0 Å². The van der Waals surface area contributed by atoms with Crippen molar-refractivity contribution in [2.45, 2.75) is 110 Å². The molecule has 1 aliphatic heterocycles. The molecule has 0 bridgehead atoms. The van der Waals surface area contributed by atoms with E-state index >= 15 is 0 Å². The van der Waals surface area contributed by atoms with E-state index in [1.807, 2.05) is 42.0 Å². The molecule has 1 aromatic heterocycles. The third-order valence-electron chi connectivity index (χ3n) is 8.85. The molecule has 4 atom stereocenters. The van der Waals surface area contributed by atoms with E-state index < -0.39 is 28.3 Å². The molecule has 2 heterocycles. The monoisotopic (exact) mass is 688 g/mol. The molecule has 0 amide bonds. The van der Waals surface area contributed by atoms with Gasteiger partial charge in [0.05, 0.1) is 19.8 Å². The first-order valence-corrected chi connectivity index (χ1v) is 24.4. The van der Waals surface area contributed by atoms with Crippen LogP contribution in [0.1, 0.15) is 59.8 Å². The minimum Gasteiger partial charge on any atom is -0.497 e. The van der Waals surface area contributed by atoms with Gasteiger partial charge in [-0.2, -0.15) is 4.98 Å². The fraction of sp³-hybridized carbons (Fsp3) is 0.655. The Balaban J connectivity index is 1.98. The van der Waals surface area contributed by atoms with Crippen molar-refractivity contribution in [3.05, 3.63) is 40.7 Å². The highest BCUT2D eigenvalue weighted by Gasteiger charge is 2.47. The number of aryl methyl sites for hydroxylation is 1. The van der Waals surface area contributed by atoms with Crippen LogP contribution in [-0.4, -0.2) is 52.1 Å². The Labute approximate surface area is 270 Å². The molecule has 236 valence electrons. The first-order chi connectivity index (χ1) is 19.1. The summed E-state index contributed by atoms with van der Waals surface area (Å²) in [4.78, 5) is 4.65. The van der Waals surface area contributed by atoms with E-state index in [2.05, 4.69) is 72.7 Å². The molecular formula is C29H49N2O5PS3Si2. The van der Waals surface area contributed by atoms with Crippen molar-refractivity contribution in [3.8, 4) is 11.8 Å². The van der Waals surface area contributed by atoms with Crippen molar-refractivity contribution < 1.29 is 22.8 Å². The lowest BCUT2D eigenvalue weighted by atomic mass is 10.2.